The van der Waals surface area contributed by atoms with Crippen LogP contribution in [-0.4, -0.2) is 22.1 Å². The summed E-state index contributed by atoms with van der Waals surface area (Å²) in [5.74, 6) is 0. The molecule has 30 valence electrons. The van der Waals surface area contributed by atoms with Gasteiger partial charge in [-0.25, -0.2) is 0 Å². The highest BCUT2D eigenvalue weighted by molar-refractivity contribution is 5.97. The van der Waals surface area contributed by atoms with E-state index in [1.807, 2.05) is 0 Å². The maximum atomic E-state index is 9.43. The summed E-state index contributed by atoms with van der Waals surface area (Å²) in [5.41, 5.74) is 0. The molecule has 5 heavy (non-hydrogen) atoms. The molecule has 0 aliphatic rings. The molecular formula is CH5NO2Si. The van der Waals surface area contributed by atoms with Gasteiger partial charge in [-0.15, -0.1) is 0 Å². The zero-order valence-electron chi connectivity index (χ0n) is 2.97. The summed E-state index contributed by atoms with van der Waals surface area (Å²) in [6.45, 7) is 2.85. The van der Waals surface area contributed by atoms with Crippen molar-refractivity contribution in [2.24, 2.45) is 0 Å². The Labute approximate surface area is 33.0 Å². The van der Waals surface area contributed by atoms with Crippen LogP contribution in [0.2, 0.25) is 0 Å². The Bertz CT molecular complexity index is 44.9. The maximum absolute atomic E-state index is 9.43. The molecule has 0 bridgehead atoms. The zero-order valence-corrected chi connectivity index (χ0v) is 4.97. The first-order valence-electron chi connectivity index (χ1n) is 1.09. The molecule has 0 atom stereocenters. The molecular weight excluding hydrogens is 86.1 g/mol. The van der Waals surface area contributed by atoms with Crippen LogP contribution in [0.5, 0.6) is 0 Å². The molecule has 0 aromatic carbocycles. The van der Waals surface area contributed by atoms with E-state index in [-0.39, 0.29) is 4.90 Å². The van der Waals surface area contributed by atoms with E-state index in [0.29, 0.717) is 10.5 Å². The fraction of sp³-hybridized carbons (Fsp3) is 0. The lowest BCUT2D eigenvalue weighted by Gasteiger charge is -1.89. The largest absolute Gasteiger partial charge is 0.455 e. The van der Waals surface area contributed by atoms with E-state index in [0.717, 1.165) is 0 Å². The second-order valence-electron chi connectivity index (χ2n) is 0.515. The van der Waals surface area contributed by atoms with Crippen LogP contribution in [0.25, 0.3) is 0 Å². The SMILES string of the molecule is C=[N+]([O-])O[SiH3]. The molecule has 0 amide bonds. The van der Waals surface area contributed by atoms with Crippen LogP contribution < -0.4 is 0 Å². The van der Waals surface area contributed by atoms with Gasteiger partial charge in [-0.1, -0.05) is 0 Å². The Morgan fingerprint density at radius 2 is 2.20 bits per heavy atom. The highest BCUT2D eigenvalue weighted by Gasteiger charge is 1.62. The first-order chi connectivity index (χ1) is 2.27. The maximum Gasteiger partial charge on any atom is 0.197 e. The number of rotatable bonds is 1. The van der Waals surface area contributed by atoms with Gasteiger partial charge in [0.15, 0.2) is 17.2 Å². The van der Waals surface area contributed by atoms with Crippen LogP contribution in [0.3, 0.4) is 0 Å². The minimum atomic E-state index is 0.187. The summed E-state index contributed by atoms with van der Waals surface area (Å²) in [7, 11) is 0.424. The fourth-order valence-electron chi connectivity index (χ4n) is 0. The number of nitrogens with zero attached hydrogens (tertiary/aromatic N) is 1. The number of hydrogen-bond acceptors (Lipinski definition) is 2. The molecule has 0 rings (SSSR count). The van der Waals surface area contributed by atoms with Crippen LogP contribution >= 0.6 is 0 Å². The van der Waals surface area contributed by atoms with E-state index in [1.165, 1.54) is 0 Å². The van der Waals surface area contributed by atoms with Gasteiger partial charge in [-0.05, 0) is 0 Å². The van der Waals surface area contributed by atoms with Gasteiger partial charge in [-0.3, -0.25) is 5.21 Å². The number of hydrogen-bond donors (Lipinski definition) is 0. The Morgan fingerprint density at radius 1 is 2.00 bits per heavy atom. The molecule has 4 heteroatoms. The average Bonchev–Trinajstić information content (AvgIpc) is 1.38. The molecule has 0 radical (unpaired) electrons. The van der Waals surface area contributed by atoms with Gasteiger partial charge >= 0.3 is 0 Å². The second-order valence-corrected chi connectivity index (χ2v) is 0.880. The van der Waals surface area contributed by atoms with Crippen LogP contribution in [0, 0.1) is 5.21 Å². The van der Waals surface area contributed by atoms with E-state index in [1.54, 1.807) is 0 Å². The Balaban J connectivity index is 2.85. The first-order valence-corrected chi connectivity index (χ1v) is 1.91. The summed E-state index contributed by atoms with van der Waals surface area (Å²) in [6, 6.07) is 0. The van der Waals surface area contributed by atoms with Crippen molar-refractivity contribution in [1.82, 2.24) is 0 Å². The molecule has 3 nitrogen and oxygen atoms in total. The molecule has 0 N–H and O–H groups in total. The highest BCUT2D eigenvalue weighted by atomic mass is 28.2. The summed E-state index contributed by atoms with van der Waals surface area (Å²) < 4.78 is 4.06. The minimum Gasteiger partial charge on any atom is -0.455 e. The van der Waals surface area contributed by atoms with Gasteiger partial charge in [0.2, 0.25) is 0 Å². The van der Waals surface area contributed by atoms with Crippen molar-refractivity contribution in [2.75, 3.05) is 0 Å². The second kappa shape index (κ2) is 1.77. The molecule has 0 aromatic rings. The van der Waals surface area contributed by atoms with Crippen molar-refractivity contribution in [3.05, 3.63) is 5.21 Å². The van der Waals surface area contributed by atoms with E-state index < -0.39 is 0 Å². The predicted molar refractivity (Wildman–Crippen MR) is 21.8 cm³/mol. The monoisotopic (exact) mass is 91.0 g/mol. The smallest absolute Gasteiger partial charge is 0.197 e. The van der Waals surface area contributed by atoms with Crippen molar-refractivity contribution in [3.63, 3.8) is 0 Å². The Morgan fingerprint density at radius 3 is 2.20 bits per heavy atom. The van der Waals surface area contributed by atoms with Crippen molar-refractivity contribution in [3.8, 4) is 0 Å². The van der Waals surface area contributed by atoms with Crippen LogP contribution in [0.4, 0.5) is 0 Å². The normalized spacial score (nSPS) is 7.20. The third kappa shape index (κ3) is 3.49. The summed E-state index contributed by atoms with van der Waals surface area (Å²) in [5, 5.41) is 9.43. The lowest BCUT2D eigenvalue weighted by molar-refractivity contribution is -0.690. The minimum absolute atomic E-state index is 0.187. The van der Waals surface area contributed by atoms with Crippen molar-refractivity contribution in [1.29, 1.82) is 0 Å². The van der Waals surface area contributed by atoms with Gasteiger partial charge in [0.25, 0.3) is 0 Å². The summed E-state index contributed by atoms with van der Waals surface area (Å²) in [4.78, 5) is 0.187. The molecule has 0 spiro atoms. The van der Waals surface area contributed by atoms with Crippen molar-refractivity contribution in [2.45, 2.75) is 0 Å². The van der Waals surface area contributed by atoms with Crippen molar-refractivity contribution >= 4 is 17.2 Å². The van der Waals surface area contributed by atoms with Gasteiger partial charge in [0.05, 0.1) is 0 Å². The summed E-state index contributed by atoms with van der Waals surface area (Å²) in [6.07, 6.45) is 0. The van der Waals surface area contributed by atoms with Gasteiger partial charge in [0, 0.05) is 4.90 Å². The van der Waals surface area contributed by atoms with Gasteiger partial charge in [-0.2, -0.15) is 0 Å². The Hall–Kier alpha value is -0.513. The Kier molecular flexibility index (Phi) is 1.59. The highest BCUT2D eigenvalue weighted by Crippen LogP contribution is 1.53. The summed E-state index contributed by atoms with van der Waals surface area (Å²) >= 11 is 0. The molecule has 0 fully saturated rings. The first kappa shape index (κ1) is 4.49. The van der Waals surface area contributed by atoms with Gasteiger partial charge < -0.3 is 4.53 Å². The third-order valence-corrected chi connectivity index (χ3v) is 0.611. The molecule has 0 saturated heterocycles. The predicted octanol–water partition coefficient (Wildman–Crippen LogP) is -1.59. The van der Waals surface area contributed by atoms with E-state index in [2.05, 4.69) is 11.2 Å². The fourth-order valence-corrected chi connectivity index (χ4v) is 0. The lowest BCUT2D eigenvalue weighted by atomic mass is 11.7. The topological polar surface area (TPSA) is 35.3 Å². The average molecular weight is 91.1 g/mol. The molecule has 0 saturated carbocycles. The van der Waals surface area contributed by atoms with Crippen LogP contribution in [0.1, 0.15) is 0 Å². The molecule has 0 aliphatic carbocycles. The quantitative estimate of drug-likeness (QED) is 0.169. The molecule has 0 aromatic heterocycles. The lowest BCUT2D eigenvalue weighted by Crippen LogP contribution is -1.95. The molecule has 0 heterocycles. The van der Waals surface area contributed by atoms with Crippen LogP contribution in [0.15, 0.2) is 0 Å². The third-order valence-electron chi connectivity index (χ3n) is 0.204. The van der Waals surface area contributed by atoms with E-state index >= 15 is 0 Å². The zero-order chi connectivity index (χ0) is 4.28. The standard InChI is InChI=1S/CH5NO2Si/c1-2(3)4-5/h1H2,5H3. The molecule has 0 unspecified atom stereocenters. The molecule has 0 aliphatic heterocycles. The van der Waals surface area contributed by atoms with E-state index in [4.69, 9.17) is 0 Å². The van der Waals surface area contributed by atoms with E-state index in [9.17, 15) is 5.21 Å². The van der Waals surface area contributed by atoms with Crippen LogP contribution in [-0.2, 0) is 4.53 Å². The van der Waals surface area contributed by atoms with Crippen molar-refractivity contribution < 1.29 is 9.43 Å². The van der Waals surface area contributed by atoms with Gasteiger partial charge in [0.1, 0.15) is 0 Å².